The van der Waals surface area contributed by atoms with Gasteiger partial charge in [-0.15, -0.1) is 0 Å². The Bertz CT molecular complexity index is 1290. The number of hydrogen-bond donors (Lipinski definition) is 1. The van der Waals surface area contributed by atoms with Crippen molar-refractivity contribution in [2.24, 2.45) is 10.9 Å². The van der Waals surface area contributed by atoms with Crippen LogP contribution in [0.5, 0.6) is 0 Å². The predicted molar refractivity (Wildman–Crippen MR) is 145 cm³/mol. The van der Waals surface area contributed by atoms with Crippen LogP contribution in [0.4, 0.5) is 17.1 Å². The van der Waals surface area contributed by atoms with Crippen LogP contribution >= 0.6 is 11.6 Å². The van der Waals surface area contributed by atoms with Crippen LogP contribution in [0, 0.1) is 5.92 Å². The third kappa shape index (κ3) is 5.29. The van der Waals surface area contributed by atoms with Gasteiger partial charge in [0.15, 0.2) is 0 Å². The Morgan fingerprint density at radius 3 is 2.75 bits per heavy atom. The third-order valence-electron chi connectivity index (χ3n) is 6.58. The van der Waals surface area contributed by atoms with Crippen LogP contribution in [0.2, 0.25) is 5.02 Å². The fourth-order valence-electron chi connectivity index (χ4n) is 4.93. The summed E-state index contributed by atoms with van der Waals surface area (Å²) >= 11 is 6.59. The van der Waals surface area contributed by atoms with Gasteiger partial charge in [0.25, 0.3) is 0 Å². The van der Waals surface area contributed by atoms with Crippen LogP contribution in [0.15, 0.2) is 47.7 Å². The van der Waals surface area contributed by atoms with E-state index in [0.29, 0.717) is 28.0 Å². The molecule has 3 aromatic rings. The Kier molecular flexibility index (Phi) is 7.07. The van der Waals surface area contributed by atoms with E-state index < -0.39 is 0 Å². The molecule has 1 amide bonds. The average molecular weight is 506 g/mol. The van der Waals surface area contributed by atoms with Gasteiger partial charge in [0, 0.05) is 13.6 Å². The number of nitrogens with one attached hydrogen (secondary N) is 1. The van der Waals surface area contributed by atoms with Crippen LogP contribution in [-0.2, 0) is 11.3 Å². The van der Waals surface area contributed by atoms with E-state index in [2.05, 4.69) is 39.0 Å². The molecule has 2 aromatic carbocycles. The Labute approximate surface area is 217 Å². The number of rotatable bonds is 7. The fourth-order valence-corrected chi connectivity index (χ4v) is 5.23. The molecule has 0 atom stereocenters. The molecule has 0 aliphatic carbocycles. The van der Waals surface area contributed by atoms with Gasteiger partial charge in [0.2, 0.25) is 5.91 Å². The highest BCUT2D eigenvalue weighted by molar-refractivity contribution is 6.34. The van der Waals surface area contributed by atoms with Gasteiger partial charge in [0.05, 0.1) is 46.4 Å². The largest absolute Gasteiger partial charge is 0.373 e. The quantitative estimate of drug-likeness (QED) is 0.485. The molecule has 9 heteroatoms. The van der Waals surface area contributed by atoms with E-state index >= 15 is 0 Å². The van der Waals surface area contributed by atoms with Crippen LogP contribution < -0.4 is 10.2 Å². The smallest absolute Gasteiger partial charge is 0.230 e. The topological polar surface area (TPSA) is 78.7 Å². The first-order chi connectivity index (χ1) is 17.4. The van der Waals surface area contributed by atoms with Crippen molar-refractivity contribution in [1.29, 1.82) is 0 Å². The number of benzene rings is 2. The van der Waals surface area contributed by atoms with Gasteiger partial charge in [-0.05, 0) is 61.7 Å². The zero-order valence-electron chi connectivity index (χ0n) is 21.0. The van der Waals surface area contributed by atoms with Crippen molar-refractivity contribution in [2.45, 2.75) is 39.7 Å². The van der Waals surface area contributed by atoms with E-state index in [1.807, 2.05) is 42.1 Å². The molecule has 2 aliphatic rings. The molecule has 36 heavy (non-hydrogen) atoms. The minimum absolute atomic E-state index is 0.118. The maximum atomic E-state index is 12.8. The number of halogens is 1. The SMILES string of the molecule is CC(C)CN(C)c1cc2c(cc1Cl)NC(=O)CC(c1cccc(-n3ncnc3CN3CCCC3)c1)=N2. The van der Waals surface area contributed by atoms with Gasteiger partial charge < -0.3 is 10.2 Å². The second-order valence-corrected chi connectivity index (χ2v) is 10.4. The summed E-state index contributed by atoms with van der Waals surface area (Å²) in [6, 6.07) is 11.8. The maximum absolute atomic E-state index is 12.8. The van der Waals surface area contributed by atoms with Crippen LogP contribution in [-0.4, -0.2) is 58.0 Å². The van der Waals surface area contributed by atoms with E-state index in [1.54, 1.807) is 12.4 Å². The van der Waals surface area contributed by atoms with Gasteiger partial charge in [-0.1, -0.05) is 37.6 Å². The molecular formula is C27H32ClN7O. The van der Waals surface area contributed by atoms with Crippen LogP contribution in [0.1, 0.15) is 44.5 Å². The van der Waals surface area contributed by atoms with Crippen molar-refractivity contribution in [1.82, 2.24) is 19.7 Å². The molecular weight excluding hydrogens is 474 g/mol. The lowest BCUT2D eigenvalue weighted by Crippen LogP contribution is -2.22. The minimum Gasteiger partial charge on any atom is -0.373 e. The van der Waals surface area contributed by atoms with E-state index in [4.69, 9.17) is 16.6 Å². The van der Waals surface area contributed by atoms with Crippen LogP contribution in [0.3, 0.4) is 0 Å². The summed E-state index contributed by atoms with van der Waals surface area (Å²) in [5, 5.41) is 8.05. The summed E-state index contributed by atoms with van der Waals surface area (Å²) in [6.07, 6.45) is 4.23. The summed E-state index contributed by atoms with van der Waals surface area (Å²) in [5.41, 5.74) is 4.71. The van der Waals surface area contributed by atoms with Crippen molar-refractivity contribution in [3.63, 3.8) is 0 Å². The van der Waals surface area contributed by atoms with Crippen molar-refractivity contribution in [2.75, 3.05) is 36.9 Å². The number of fused-ring (bicyclic) bond motifs is 1. The maximum Gasteiger partial charge on any atom is 0.230 e. The zero-order chi connectivity index (χ0) is 25.2. The molecule has 1 saturated heterocycles. The minimum atomic E-state index is -0.118. The molecule has 5 rings (SSSR count). The summed E-state index contributed by atoms with van der Waals surface area (Å²) in [5.74, 6) is 1.28. The first kappa shape index (κ1) is 24.5. The molecule has 8 nitrogen and oxygen atoms in total. The lowest BCUT2D eigenvalue weighted by atomic mass is 10.1. The van der Waals surface area contributed by atoms with Gasteiger partial charge in [-0.2, -0.15) is 5.10 Å². The van der Waals surface area contributed by atoms with Crippen molar-refractivity contribution in [3.8, 4) is 5.69 Å². The molecule has 0 unspecified atom stereocenters. The predicted octanol–water partition coefficient (Wildman–Crippen LogP) is 5.07. The highest BCUT2D eigenvalue weighted by atomic mass is 35.5. The zero-order valence-corrected chi connectivity index (χ0v) is 21.8. The molecule has 0 bridgehead atoms. The van der Waals surface area contributed by atoms with Crippen molar-refractivity contribution >= 4 is 40.3 Å². The van der Waals surface area contributed by atoms with E-state index in [-0.39, 0.29) is 12.3 Å². The molecule has 0 spiro atoms. The van der Waals surface area contributed by atoms with Crippen LogP contribution in [0.25, 0.3) is 5.69 Å². The van der Waals surface area contributed by atoms with Crippen molar-refractivity contribution in [3.05, 3.63) is 59.1 Å². The van der Waals surface area contributed by atoms with Gasteiger partial charge >= 0.3 is 0 Å². The second-order valence-electron chi connectivity index (χ2n) is 10.0. The molecule has 1 aromatic heterocycles. The monoisotopic (exact) mass is 505 g/mol. The summed E-state index contributed by atoms with van der Waals surface area (Å²) in [6.45, 7) is 8.16. The first-order valence-corrected chi connectivity index (χ1v) is 12.9. The molecule has 0 radical (unpaired) electrons. The normalized spacial score (nSPS) is 16.0. The Balaban J connectivity index is 1.49. The number of aliphatic imine (C=N–C) groups is 1. The average Bonchev–Trinajstić information content (AvgIpc) is 3.49. The van der Waals surface area contributed by atoms with Gasteiger partial charge in [-0.25, -0.2) is 9.67 Å². The lowest BCUT2D eigenvalue weighted by Gasteiger charge is -2.23. The molecule has 3 heterocycles. The van der Waals surface area contributed by atoms with Gasteiger partial charge in [0.1, 0.15) is 12.2 Å². The Hall–Kier alpha value is -3.23. The standard InChI is InChI=1S/C27H32ClN7O/c1-18(2)15-33(3)25-13-24-23(12-21(25)28)32-27(36)14-22(31-24)19-7-6-8-20(11-19)35-26(29-17-30-35)16-34-9-4-5-10-34/h6-8,11-13,17-18H,4-5,9-10,14-16H2,1-3H3,(H,32,36). The van der Waals surface area contributed by atoms with Gasteiger partial charge in [-0.3, -0.25) is 14.7 Å². The third-order valence-corrected chi connectivity index (χ3v) is 6.88. The first-order valence-electron chi connectivity index (χ1n) is 12.5. The summed E-state index contributed by atoms with van der Waals surface area (Å²) in [7, 11) is 2.02. The number of carbonyl (C=O) groups excluding carboxylic acids is 1. The van der Waals surface area contributed by atoms with Crippen molar-refractivity contribution < 1.29 is 4.79 Å². The highest BCUT2D eigenvalue weighted by Gasteiger charge is 2.21. The number of likely N-dealkylation sites (tertiary alicyclic amines) is 1. The number of aromatic nitrogens is 3. The molecule has 1 fully saturated rings. The summed E-state index contributed by atoms with van der Waals surface area (Å²) in [4.78, 5) is 26.8. The highest BCUT2D eigenvalue weighted by Crippen LogP contribution is 2.38. The summed E-state index contributed by atoms with van der Waals surface area (Å²) < 4.78 is 1.88. The Morgan fingerprint density at radius 2 is 1.97 bits per heavy atom. The van der Waals surface area contributed by atoms with E-state index in [1.165, 1.54) is 12.8 Å². The number of carbonyl (C=O) groups is 1. The number of anilines is 2. The molecule has 1 N–H and O–H groups in total. The van der Waals surface area contributed by atoms with E-state index in [9.17, 15) is 4.79 Å². The number of nitrogens with zero attached hydrogens (tertiary/aromatic N) is 6. The van der Waals surface area contributed by atoms with E-state index in [0.717, 1.165) is 48.9 Å². The molecule has 188 valence electrons. The fraction of sp³-hybridized carbons (Fsp3) is 0.407. The Morgan fingerprint density at radius 1 is 1.17 bits per heavy atom. The second kappa shape index (κ2) is 10.4. The molecule has 2 aliphatic heterocycles. The number of hydrogen-bond acceptors (Lipinski definition) is 6. The number of amides is 1. The lowest BCUT2D eigenvalue weighted by molar-refractivity contribution is -0.115. The molecule has 0 saturated carbocycles.